The Labute approximate surface area is 127 Å². The summed E-state index contributed by atoms with van der Waals surface area (Å²) in [6, 6.07) is -1.12. The average Bonchev–Trinajstić information content (AvgIpc) is 2.97. The second kappa shape index (κ2) is 5.91. The highest BCUT2D eigenvalue weighted by molar-refractivity contribution is 5.89. The number of urea groups is 1. The van der Waals surface area contributed by atoms with Crippen LogP contribution >= 0.6 is 0 Å². The fraction of sp³-hybridized carbons (Fsp3) is 0.692. The first kappa shape index (κ1) is 16.2. The molecule has 122 valence electrons. The monoisotopic (exact) mass is 311 g/mol. The van der Waals surface area contributed by atoms with Crippen molar-refractivity contribution < 1.29 is 19.2 Å². The van der Waals surface area contributed by atoms with Crippen molar-refractivity contribution in [2.45, 2.75) is 45.3 Å². The van der Waals surface area contributed by atoms with Gasteiger partial charge in [0, 0.05) is 0 Å². The minimum atomic E-state index is -1.19. The second-order valence-electron chi connectivity index (χ2n) is 5.90. The van der Waals surface area contributed by atoms with Crippen molar-refractivity contribution in [3.63, 3.8) is 0 Å². The van der Waals surface area contributed by atoms with Crippen molar-refractivity contribution in [3.05, 3.63) is 11.7 Å². The molecular formula is C13H21N5O4. The van der Waals surface area contributed by atoms with Gasteiger partial charge in [0.15, 0.2) is 5.82 Å². The Kier molecular flexibility index (Phi) is 4.36. The molecule has 0 bridgehead atoms. The Balaban J connectivity index is 1.96. The zero-order valence-electron chi connectivity index (χ0n) is 12.8. The van der Waals surface area contributed by atoms with Crippen LogP contribution in [0.1, 0.15) is 44.9 Å². The lowest BCUT2D eigenvalue weighted by Crippen LogP contribution is -2.50. The Hall–Kier alpha value is -2.16. The SMILES string of the molecule is CC(C)[C@@H]1CC1(NC(=O)N[C@@H](C)c1nc(CN)no1)C(=O)O. The van der Waals surface area contributed by atoms with Gasteiger partial charge in [0.2, 0.25) is 5.89 Å². The second-order valence-corrected chi connectivity index (χ2v) is 5.90. The lowest BCUT2D eigenvalue weighted by Gasteiger charge is -2.18. The van der Waals surface area contributed by atoms with E-state index in [0.717, 1.165) is 0 Å². The number of nitrogens with one attached hydrogen (secondary N) is 2. The number of rotatable bonds is 6. The van der Waals surface area contributed by atoms with Crippen LogP contribution in [0, 0.1) is 11.8 Å². The van der Waals surface area contributed by atoms with Gasteiger partial charge in [0.25, 0.3) is 0 Å². The van der Waals surface area contributed by atoms with Crippen LogP contribution in [0.5, 0.6) is 0 Å². The third kappa shape index (κ3) is 3.03. The van der Waals surface area contributed by atoms with Crippen molar-refractivity contribution in [2.24, 2.45) is 17.6 Å². The highest BCUT2D eigenvalue weighted by Crippen LogP contribution is 2.48. The first-order chi connectivity index (χ1) is 10.3. The topological polar surface area (TPSA) is 143 Å². The van der Waals surface area contributed by atoms with Gasteiger partial charge in [-0.25, -0.2) is 9.59 Å². The van der Waals surface area contributed by atoms with Gasteiger partial charge < -0.3 is 26.0 Å². The number of hydrogen-bond acceptors (Lipinski definition) is 6. The number of carbonyl (C=O) groups excluding carboxylic acids is 1. The minimum Gasteiger partial charge on any atom is -0.479 e. The van der Waals surface area contributed by atoms with Gasteiger partial charge >= 0.3 is 12.0 Å². The molecule has 1 aliphatic rings. The van der Waals surface area contributed by atoms with E-state index in [1.54, 1.807) is 6.92 Å². The molecule has 0 radical (unpaired) electrons. The van der Waals surface area contributed by atoms with E-state index in [0.29, 0.717) is 12.2 Å². The van der Waals surface area contributed by atoms with E-state index in [-0.39, 0.29) is 24.3 Å². The fourth-order valence-corrected chi connectivity index (χ4v) is 2.56. The van der Waals surface area contributed by atoms with E-state index in [9.17, 15) is 14.7 Å². The maximum atomic E-state index is 12.0. The molecule has 5 N–H and O–H groups in total. The number of aromatic nitrogens is 2. The molecule has 9 nitrogen and oxygen atoms in total. The molecule has 1 fully saturated rings. The summed E-state index contributed by atoms with van der Waals surface area (Å²) in [6.07, 6.45) is 0.430. The van der Waals surface area contributed by atoms with Crippen LogP contribution in [0.15, 0.2) is 4.52 Å². The predicted molar refractivity (Wildman–Crippen MR) is 75.6 cm³/mol. The summed E-state index contributed by atoms with van der Waals surface area (Å²) in [5.74, 6) is -0.350. The summed E-state index contributed by atoms with van der Waals surface area (Å²) in [5.41, 5.74) is 4.20. The number of nitrogens with zero attached hydrogens (tertiary/aromatic N) is 2. The van der Waals surface area contributed by atoms with E-state index >= 15 is 0 Å². The van der Waals surface area contributed by atoms with E-state index in [2.05, 4.69) is 20.8 Å². The number of hydrogen-bond donors (Lipinski definition) is 4. The molecule has 2 rings (SSSR count). The van der Waals surface area contributed by atoms with Crippen LogP contribution in [0.25, 0.3) is 0 Å². The number of amides is 2. The van der Waals surface area contributed by atoms with Crippen LogP contribution in [0.4, 0.5) is 4.79 Å². The molecule has 0 aromatic carbocycles. The van der Waals surface area contributed by atoms with Crippen molar-refractivity contribution in [1.82, 2.24) is 20.8 Å². The predicted octanol–water partition coefficient (Wildman–Crippen LogP) is 0.388. The summed E-state index contributed by atoms with van der Waals surface area (Å²) < 4.78 is 4.97. The standard InChI is InChI=1S/C13H21N5O4/c1-6(2)8-4-13(8,11(19)20)17-12(21)15-7(3)10-16-9(5-14)18-22-10/h6-8H,4-5,14H2,1-3H3,(H,19,20)(H2,15,17,21)/t7-,8-,13?/m0/s1. The lowest BCUT2D eigenvalue weighted by molar-refractivity contribution is -0.141. The lowest BCUT2D eigenvalue weighted by atomic mass is 10.0. The maximum absolute atomic E-state index is 12.0. The zero-order valence-corrected chi connectivity index (χ0v) is 12.8. The van der Waals surface area contributed by atoms with E-state index in [1.165, 1.54) is 0 Å². The van der Waals surface area contributed by atoms with Crippen molar-refractivity contribution in [1.29, 1.82) is 0 Å². The number of nitrogens with two attached hydrogens (primary N) is 1. The molecule has 22 heavy (non-hydrogen) atoms. The Morgan fingerprint density at radius 2 is 2.18 bits per heavy atom. The van der Waals surface area contributed by atoms with E-state index < -0.39 is 23.6 Å². The first-order valence-corrected chi connectivity index (χ1v) is 7.14. The van der Waals surface area contributed by atoms with Crippen molar-refractivity contribution in [3.8, 4) is 0 Å². The van der Waals surface area contributed by atoms with Gasteiger partial charge in [0.1, 0.15) is 11.6 Å². The van der Waals surface area contributed by atoms with E-state index in [4.69, 9.17) is 10.3 Å². The van der Waals surface area contributed by atoms with Crippen molar-refractivity contribution in [2.75, 3.05) is 0 Å². The van der Waals surface area contributed by atoms with Gasteiger partial charge in [-0.05, 0) is 25.2 Å². The third-order valence-corrected chi connectivity index (χ3v) is 3.92. The number of aliphatic carboxylic acids is 1. The highest BCUT2D eigenvalue weighted by Gasteiger charge is 2.62. The van der Waals surface area contributed by atoms with Crippen LogP contribution in [0.3, 0.4) is 0 Å². The smallest absolute Gasteiger partial charge is 0.329 e. The summed E-state index contributed by atoms with van der Waals surface area (Å²) in [6.45, 7) is 5.67. The summed E-state index contributed by atoms with van der Waals surface area (Å²) >= 11 is 0. The van der Waals surface area contributed by atoms with Crippen LogP contribution in [-0.2, 0) is 11.3 Å². The van der Waals surface area contributed by atoms with Crippen LogP contribution in [-0.4, -0.2) is 32.8 Å². The Morgan fingerprint density at radius 1 is 1.50 bits per heavy atom. The van der Waals surface area contributed by atoms with Gasteiger partial charge in [-0.15, -0.1) is 0 Å². The molecular weight excluding hydrogens is 290 g/mol. The van der Waals surface area contributed by atoms with Crippen LogP contribution < -0.4 is 16.4 Å². The van der Waals surface area contributed by atoms with Crippen molar-refractivity contribution >= 4 is 12.0 Å². The normalized spacial score (nSPS) is 24.9. The van der Waals surface area contributed by atoms with Gasteiger partial charge in [-0.3, -0.25) is 0 Å². The van der Waals surface area contributed by atoms with E-state index in [1.807, 2.05) is 13.8 Å². The molecule has 1 saturated carbocycles. The van der Waals surface area contributed by atoms with Gasteiger partial charge in [-0.2, -0.15) is 4.98 Å². The zero-order chi connectivity index (χ0) is 16.5. The summed E-state index contributed by atoms with van der Waals surface area (Å²) in [7, 11) is 0. The molecule has 0 saturated heterocycles. The number of carbonyl (C=O) groups is 2. The molecule has 1 aromatic heterocycles. The number of carboxylic acids is 1. The molecule has 2 amide bonds. The molecule has 1 heterocycles. The van der Waals surface area contributed by atoms with Gasteiger partial charge in [0.05, 0.1) is 6.54 Å². The molecule has 1 aliphatic carbocycles. The Morgan fingerprint density at radius 3 is 2.64 bits per heavy atom. The quantitative estimate of drug-likeness (QED) is 0.594. The first-order valence-electron chi connectivity index (χ1n) is 7.14. The highest BCUT2D eigenvalue weighted by atomic mass is 16.5. The number of carboxylic acid groups (broad SMARTS) is 1. The summed E-state index contributed by atoms with van der Waals surface area (Å²) in [4.78, 5) is 27.5. The van der Waals surface area contributed by atoms with Crippen LogP contribution in [0.2, 0.25) is 0 Å². The Bertz CT molecular complexity index is 573. The fourth-order valence-electron chi connectivity index (χ4n) is 2.56. The molecule has 0 aliphatic heterocycles. The molecule has 3 atom stereocenters. The molecule has 1 unspecified atom stereocenters. The average molecular weight is 311 g/mol. The molecule has 1 aromatic rings. The maximum Gasteiger partial charge on any atom is 0.329 e. The van der Waals surface area contributed by atoms with Gasteiger partial charge in [-0.1, -0.05) is 19.0 Å². The minimum absolute atomic E-state index is 0.0710. The largest absolute Gasteiger partial charge is 0.479 e. The third-order valence-electron chi connectivity index (χ3n) is 3.92. The summed E-state index contributed by atoms with van der Waals surface area (Å²) in [5, 5.41) is 18.1. The molecule has 9 heteroatoms. The molecule has 0 spiro atoms.